The summed E-state index contributed by atoms with van der Waals surface area (Å²) < 4.78 is 0. The number of thiazole rings is 1. The van der Waals surface area contributed by atoms with Crippen LogP contribution in [0.15, 0.2) is 29.9 Å². The van der Waals surface area contributed by atoms with E-state index >= 15 is 0 Å². The Balaban J connectivity index is 1.58. The van der Waals surface area contributed by atoms with Crippen molar-refractivity contribution >= 4 is 39.9 Å². The molecule has 0 saturated carbocycles. The molecule has 0 aliphatic carbocycles. The number of rotatable bonds is 4. The van der Waals surface area contributed by atoms with Crippen LogP contribution in [0.1, 0.15) is 12.8 Å². The number of hydrogen-bond acceptors (Lipinski definition) is 6. The second kappa shape index (κ2) is 7.26. The highest BCUT2D eigenvalue weighted by molar-refractivity contribution is 7.13. The smallest absolute Gasteiger partial charge is 0.325 e. The summed E-state index contributed by atoms with van der Waals surface area (Å²) in [5, 5.41) is 7.65. The number of hydrogen-bond donors (Lipinski definition) is 3. The van der Waals surface area contributed by atoms with Crippen molar-refractivity contribution in [3.05, 3.63) is 29.9 Å². The van der Waals surface area contributed by atoms with Gasteiger partial charge in [-0.1, -0.05) is 0 Å². The van der Waals surface area contributed by atoms with Crippen LogP contribution in [0.5, 0.6) is 0 Å². The normalized spacial score (nSPS) is 17.3. The van der Waals surface area contributed by atoms with E-state index in [1.807, 2.05) is 11.0 Å². The Kier molecular flexibility index (Phi) is 4.90. The van der Waals surface area contributed by atoms with Crippen molar-refractivity contribution in [2.45, 2.75) is 12.8 Å². The molecule has 0 bridgehead atoms. The molecule has 4 N–H and O–H groups in total. The van der Waals surface area contributed by atoms with Gasteiger partial charge in [-0.2, -0.15) is 0 Å². The van der Waals surface area contributed by atoms with Gasteiger partial charge in [0.25, 0.3) is 0 Å². The van der Waals surface area contributed by atoms with Crippen LogP contribution in [-0.4, -0.2) is 35.0 Å². The van der Waals surface area contributed by atoms with Gasteiger partial charge in [-0.15, -0.1) is 11.3 Å². The van der Waals surface area contributed by atoms with Gasteiger partial charge in [0.15, 0.2) is 5.13 Å². The molecule has 1 fully saturated rings. The van der Waals surface area contributed by atoms with E-state index in [-0.39, 0.29) is 17.9 Å². The molecule has 1 saturated heterocycles. The summed E-state index contributed by atoms with van der Waals surface area (Å²) in [4.78, 5) is 33.6. The number of carbonyl (C=O) groups excluding carboxylic acids is 2. The van der Waals surface area contributed by atoms with Crippen LogP contribution in [-0.2, 0) is 4.79 Å². The molecule has 8 nitrogen and oxygen atoms in total. The van der Waals surface area contributed by atoms with Crippen molar-refractivity contribution in [3.8, 4) is 0 Å². The molecule has 1 aliphatic rings. The first-order valence-corrected chi connectivity index (χ1v) is 8.47. The molecule has 3 rings (SSSR count). The fourth-order valence-corrected chi connectivity index (χ4v) is 3.13. The fourth-order valence-electron chi connectivity index (χ4n) is 2.61. The number of nitrogens with zero attached hydrogens (tertiary/aromatic N) is 3. The molecule has 1 atom stereocenters. The number of aromatic nitrogens is 2. The third-order valence-corrected chi connectivity index (χ3v) is 4.49. The van der Waals surface area contributed by atoms with Gasteiger partial charge in [0.05, 0.1) is 17.8 Å². The summed E-state index contributed by atoms with van der Waals surface area (Å²) in [7, 11) is 0. The summed E-state index contributed by atoms with van der Waals surface area (Å²) in [5.41, 5.74) is 5.98. The first kappa shape index (κ1) is 16.2. The monoisotopic (exact) mass is 346 g/mol. The summed E-state index contributed by atoms with van der Waals surface area (Å²) >= 11 is 1.34. The van der Waals surface area contributed by atoms with E-state index in [0.29, 0.717) is 17.4 Å². The van der Waals surface area contributed by atoms with Crippen molar-refractivity contribution in [2.75, 3.05) is 28.6 Å². The van der Waals surface area contributed by atoms with E-state index in [2.05, 4.69) is 20.6 Å². The topological polar surface area (TPSA) is 113 Å². The molecule has 0 spiro atoms. The maximum absolute atomic E-state index is 11.8. The van der Waals surface area contributed by atoms with Gasteiger partial charge in [0.2, 0.25) is 5.91 Å². The standard InChI is InChI=1S/C15H18N6O2S/c16-13(22)10-2-1-6-21(9-10)12-4-3-11(8-18-12)19-14(23)20-15-17-5-7-24-15/h3-5,7-8,10H,1-2,6,9H2,(H2,16,22)(H2,17,19,20,23)/t10-/m0/s1. The summed E-state index contributed by atoms with van der Waals surface area (Å²) in [6.07, 6.45) is 4.94. The highest BCUT2D eigenvalue weighted by atomic mass is 32.1. The highest BCUT2D eigenvalue weighted by Crippen LogP contribution is 2.22. The lowest BCUT2D eigenvalue weighted by atomic mass is 9.97. The number of urea groups is 1. The van der Waals surface area contributed by atoms with Crippen molar-refractivity contribution < 1.29 is 9.59 Å². The predicted molar refractivity (Wildman–Crippen MR) is 93.1 cm³/mol. The number of amides is 3. The van der Waals surface area contributed by atoms with Crippen LogP contribution in [0.2, 0.25) is 0 Å². The Morgan fingerprint density at radius 1 is 1.29 bits per heavy atom. The SMILES string of the molecule is NC(=O)[C@H]1CCCN(c2ccc(NC(=O)Nc3nccs3)cn2)C1. The maximum atomic E-state index is 11.8. The number of nitrogens with two attached hydrogens (primary N) is 1. The molecule has 9 heteroatoms. The van der Waals surface area contributed by atoms with E-state index < -0.39 is 0 Å². The minimum absolute atomic E-state index is 0.137. The van der Waals surface area contributed by atoms with Gasteiger partial charge in [-0.25, -0.2) is 14.8 Å². The van der Waals surface area contributed by atoms with Gasteiger partial charge < -0.3 is 16.0 Å². The number of pyridine rings is 1. The zero-order valence-corrected chi connectivity index (χ0v) is 13.8. The predicted octanol–water partition coefficient (Wildman–Crippen LogP) is 1.88. The zero-order valence-electron chi connectivity index (χ0n) is 12.9. The first-order valence-electron chi connectivity index (χ1n) is 7.59. The Morgan fingerprint density at radius 2 is 2.17 bits per heavy atom. The molecule has 0 radical (unpaired) electrons. The third kappa shape index (κ3) is 3.99. The van der Waals surface area contributed by atoms with Crippen molar-refractivity contribution in [2.24, 2.45) is 11.7 Å². The number of piperidine rings is 1. The molecule has 0 aromatic carbocycles. The molecular formula is C15H18N6O2S. The largest absolute Gasteiger partial charge is 0.369 e. The van der Waals surface area contributed by atoms with E-state index in [1.165, 1.54) is 11.3 Å². The molecule has 2 aromatic heterocycles. The number of nitrogens with one attached hydrogen (secondary N) is 2. The van der Waals surface area contributed by atoms with E-state index in [0.717, 1.165) is 25.2 Å². The fraction of sp³-hybridized carbons (Fsp3) is 0.333. The quantitative estimate of drug-likeness (QED) is 0.782. The highest BCUT2D eigenvalue weighted by Gasteiger charge is 2.24. The Hall–Kier alpha value is -2.68. The van der Waals surface area contributed by atoms with Crippen LogP contribution in [0.3, 0.4) is 0 Å². The third-order valence-electron chi connectivity index (χ3n) is 3.81. The van der Waals surface area contributed by atoms with Gasteiger partial charge in [-0.05, 0) is 25.0 Å². The maximum Gasteiger partial charge on any atom is 0.325 e. The Labute approximate surface area is 143 Å². The average Bonchev–Trinajstić information content (AvgIpc) is 3.08. The molecule has 24 heavy (non-hydrogen) atoms. The molecule has 0 unspecified atom stereocenters. The lowest BCUT2D eigenvalue weighted by Crippen LogP contribution is -2.41. The zero-order chi connectivity index (χ0) is 16.9. The lowest BCUT2D eigenvalue weighted by molar-refractivity contribution is -0.122. The van der Waals surface area contributed by atoms with Gasteiger partial charge in [-0.3, -0.25) is 10.1 Å². The number of carbonyl (C=O) groups is 2. The average molecular weight is 346 g/mol. The minimum atomic E-state index is -0.369. The number of anilines is 3. The molecule has 3 amide bonds. The number of primary amides is 1. The Bertz CT molecular complexity index is 703. The second-order valence-electron chi connectivity index (χ2n) is 5.51. The van der Waals surface area contributed by atoms with Crippen LogP contribution in [0.25, 0.3) is 0 Å². The second-order valence-corrected chi connectivity index (χ2v) is 6.40. The van der Waals surface area contributed by atoms with E-state index in [4.69, 9.17) is 5.73 Å². The molecule has 2 aromatic rings. The molecule has 1 aliphatic heterocycles. The summed E-state index contributed by atoms with van der Waals surface area (Å²) in [6, 6.07) is 3.23. The molecule has 126 valence electrons. The first-order chi connectivity index (χ1) is 11.6. The Morgan fingerprint density at radius 3 is 2.83 bits per heavy atom. The van der Waals surface area contributed by atoms with Gasteiger partial charge in [0.1, 0.15) is 5.82 Å². The minimum Gasteiger partial charge on any atom is -0.369 e. The summed E-state index contributed by atoms with van der Waals surface area (Å²) in [6.45, 7) is 1.42. The van der Waals surface area contributed by atoms with Crippen molar-refractivity contribution in [1.82, 2.24) is 9.97 Å². The lowest BCUT2D eigenvalue weighted by Gasteiger charge is -2.32. The van der Waals surface area contributed by atoms with Crippen molar-refractivity contribution in [3.63, 3.8) is 0 Å². The van der Waals surface area contributed by atoms with Crippen LogP contribution in [0, 0.1) is 5.92 Å². The van der Waals surface area contributed by atoms with Gasteiger partial charge >= 0.3 is 6.03 Å². The van der Waals surface area contributed by atoms with Crippen LogP contribution in [0.4, 0.5) is 21.4 Å². The summed E-state index contributed by atoms with van der Waals surface area (Å²) in [5.74, 6) is 0.367. The van der Waals surface area contributed by atoms with Gasteiger partial charge in [0, 0.05) is 24.7 Å². The molecular weight excluding hydrogens is 328 g/mol. The van der Waals surface area contributed by atoms with E-state index in [1.54, 1.807) is 23.8 Å². The van der Waals surface area contributed by atoms with E-state index in [9.17, 15) is 9.59 Å². The van der Waals surface area contributed by atoms with Crippen molar-refractivity contribution in [1.29, 1.82) is 0 Å². The van der Waals surface area contributed by atoms with Crippen LogP contribution >= 0.6 is 11.3 Å². The molecule has 3 heterocycles. The van der Waals surface area contributed by atoms with Crippen LogP contribution < -0.4 is 21.3 Å².